The molecule has 1 aliphatic heterocycles. The van der Waals surface area contributed by atoms with Gasteiger partial charge in [-0.15, -0.1) is 0 Å². The molecule has 2 N–H and O–H groups in total. The molecule has 2 unspecified atom stereocenters. The number of alkyl carbamates (subject to hydrolysis) is 1. The summed E-state index contributed by atoms with van der Waals surface area (Å²) in [5.41, 5.74) is 4.52. The molecule has 2 aromatic carbocycles. The zero-order valence-electron chi connectivity index (χ0n) is 19.7. The first-order chi connectivity index (χ1) is 16.4. The van der Waals surface area contributed by atoms with Crippen LogP contribution in [0.15, 0.2) is 48.5 Å². The number of carboxylic acids is 1. The largest absolute Gasteiger partial charge is 0.480 e. The molecule has 7 heteroatoms. The third-order valence-electron chi connectivity index (χ3n) is 6.90. The van der Waals surface area contributed by atoms with Crippen LogP contribution in [0.4, 0.5) is 4.79 Å². The van der Waals surface area contributed by atoms with Crippen molar-refractivity contribution in [3.05, 3.63) is 59.7 Å². The first kappa shape index (κ1) is 23.8. The van der Waals surface area contributed by atoms with E-state index in [0.29, 0.717) is 25.8 Å². The van der Waals surface area contributed by atoms with Crippen molar-refractivity contribution < 1.29 is 24.2 Å². The fourth-order valence-electron chi connectivity index (χ4n) is 5.18. The van der Waals surface area contributed by atoms with Crippen LogP contribution in [0.5, 0.6) is 0 Å². The number of carbonyl (C=O) groups is 3. The van der Waals surface area contributed by atoms with Gasteiger partial charge < -0.3 is 20.1 Å². The van der Waals surface area contributed by atoms with E-state index in [1.165, 1.54) is 4.90 Å². The van der Waals surface area contributed by atoms with E-state index in [2.05, 4.69) is 17.4 Å². The number of ether oxygens (including phenoxy) is 1. The van der Waals surface area contributed by atoms with Gasteiger partial charge in [0.2, 0.25) is 5.91 Å². The molecular formula is C27H32N2O5. The van der Waals surface area contributed by atoms with E-state index in [-0.39, 0.29) is 24.3 Å². The maximum Gasteiger partial charge on any atom is 0.407 e. The lowest BCUT2D eigenvalue weighted by atomic mass is 9.93. The predicted octanol–water partition coefficient (Wildman–Crippen LogP) is 4.41. The van der Waals surface area contributed by atoms with Crippen molar-refractivity contribution in [2.45, 2.75) is 57.5 Å². The number of carbonyl (C=O) groups excluding carboxylic acids is 2. The second kappa shape index (κ2) is 10.3. The second-order valence-corrected chi connectivity index (χ2v) is 9.34. The molecule has 1 aliphatic carbocycles. The van der Waals surface area contributed by atoms with Gasteiger partial charge in [0, 0.05) is 12.5 Å². The van der Waals surface area contributed by atoms with Crippen LogP contribution >= 0.6 is 0 Å². The topological polar surface area (TPSA) is 95.9 Å². The Morgan fingerprint density at radius 2 is 1.68 bits per heavy atom. The Hall–Kier alpha value is -3.35. The minimum atomic E-state index is -1.00. The number of piperidine rings is 1. The van der Waals surface area contributed by atoms with Gasteiger partial charge in [-0.1, -0.05) is 68.8 Å². The molecule has 2 aromatic rings. The third kappa shape index (κ3) is 4.79. The SMILES string of the molecule is CCC[C@H](NC(=O)OCC1c2ccccc2-c2ccccc21)C(=O)N1CC(C)CCC1C(=O)O. The van der Waals surface area contributed by atoms with Gasteiger partial charge in [0.25, 0.3) is 0 Å². The summed E-state index contributed by atoms with van der Waals surface area (Å²) in [4.78, 5) is 39.2. The molecule has 0 spiro atoms. The number of nitrogens with zero attached hydrogens (tertiary/aromatic N) is 1. The molecule has 1 saturated heterocycles. The van der Waals surface area contributed by atoms with Crippen LogP contribution in [-0.2, 0) is 14.3 Å². The highest BCUT2D eigenvalue weighted by Crippen LogP contribution is 2.44. The molecule has 1 heterocycles. The molecular weight excluding hydrogens is 432 g/mol. The molecule has 0 bridgehead atoms. The van der Waals surface area contributed by atoms with Gasteiger partial charge in [-0.05, 0) is 47.4 Å². The number of amides is 2. The molecule has 0 aromatic heterocycles. The zero-order chi connectivity index (χ0) is 24.2. The van der Waals surface area contributed by atoms with Gasteiger partial charge in [-0.3, -0.25) is 4.79 Å². The summed E-state index contributed by atoms with van der Waals surface area (Å²) in [7, 11) is 0. The summed E-state index contributed by atoms with van der Waals surface area (Å²) in [6, 6.07) is 14.5. The number of benzene rings is 2. The number of likely N-dealkylation sites (tertiary alicyclic amines) is 1. The van der Waals surface area contributed by atoms with Crippen LogP contribution in [0, 0.1) is 5.92 Å². The molecule has 4 rings (SSSR count). The highest BCUT2D eigenvalue weighted by molar-refractivity contribution is 5.89. The normalized spacial score (nSPS) is 20.2. The molecule has 180 valence electrons. The van der Waals surface area contributed by atoms with Crippen molar-refractivity contribution in [3.8, 4) is 11.1 Å². The van der Waals surface area contributed by atoms with Crippen molar-refractivity contribution in [3.63, 3.8) is 0 Å². The standard InChI is InChI=1S/C27H32N2O5/c1-3-8-23(25(30)29-15-17(2)13-14-24(29)26(31)32)28-27(33)34-16-22-20-11-6-4-9-18(20)19-10-5-7-12-21(19)22/h4-7,9-12,17,22-24H,3,8,13-16H2,1-2H3,(H,28,33)(H,31,32)/t17?,23-,24?/m0/s1. The van der Waals surface area contributed by atoms with E-state index >= 15 is 0 Å². The number of hydrogen-bond acceptors (Lipinski definition) is 4. The van der Waals surface area contributed by atoms with Gasteiger partial charge in [0.15, 0.2) is 0 Å². The molecule has 2 amide bonds. The summed E-state index contributed by atoms with van der Waals surface area (Å²) in [5.74, 6) is -1.21. The Morgan fingerprint density at radius 3 is 2.26 bits per heavy atom. The monoisotopic (exact) mass is 464 g/mol. The summed E-state index contributed by atoms with van der Waals surface area (Å²) in [6.45, 7) is 4.47. The van der Waals surface area contributed by atoms with Crippen molar-refractivity contribution in [2.24, 2.45) is 5.92 Å². The minimum absolute atomic E-state index is 0.0715. The molecule has 3 atom stereocenters. The minimum Gasteiger partial charge on any atom is -0.480 e. The fourth-order valence-corrected chi connectivity index (χ4v) is 5.18. The van der Waals surface area contributed by atoms with E-state index in [4.69, 9.17) is 4.74 Å². The fraction of sp³-hybridized carbons (Fsp3) is 0.444. The second-order valence-electron chi connectivity index (χ2n) is 9.34. The highest BCUT2D eigenvalue weighted by atomic mass is 16.5. The summed E-state index contributed by atoms with van der Waals surface area (Å²) < 4.78 is 5.61. The lowest BCUT2D eigenvalue weighted by Crippen LogP contribution is -2.56. The van der Waals surface area contributed by atoms with Crippen LogP contribution in [0.3, 0.4) is 0 Å². The van der Waals surface area contributed by atoms with Crippen molar-refractivity contribution in [1.82, 2.24) is 10.2 Å². The Balaban J connectivity index is 1.44. The van der Waals surface area contributed by atoms with Gasteiger partial charge in [-0.25, -0.2) is 9.59 Å². The number of rotatable bonds is 7. The Bertz CT molecular complexity index is 1020. The van der Waals surface area contributed by atoms with E-state index in [0.717, 1.165) is 28.7 Å². The van der Waals surface area contributed by atoms with Crippen LogP contribution in [0.25, 0.3) is 11.1 Å². The number of carboxylic acid groups (broad SMARTS) is 1. The first-order valence-corrected chi connectivity index (χ1v) is 12.1. The maximum absolute atomic E-state index is 13.3. The average Bonchev–Trinajstić information content (AvgIpc) is 3.15. The summed E-state index contributed by atoms with van der Waals surface area (Å²) >= 11 is 0. The van der Waals surface area contributed by atoms with Crippen LogP contribution in [-0.4, -0.2) is 53.2 Å². The van der Waals surface area contributed by atoms with Crippen molar-refractivity contribution in [2.75, 3.05) is 13.2 Å². The third-order valence-corrected chi connectivity index (χ3v) is 6.90. The molecule has 0 saturated carbocycles. The Labute approximate surface area is 200 Å². The van der Waals surface area contributed by atoms with Gasteiger partial charge in [0.1, 0.15) is 18.7 Å². The molecule has 1 fully saturated rings. The smallest absolute Gasteiger partial charge is 0.407 e. The van der Waals surface area contributed by atoms with Crippen LogP contribution in [0.1, 0.15) is 56.6 Å². The maximum atomic E-state index is 13.3. The van der Waals surface area contributed by atoms with Gasteiger partial charge >= 0.3 is 12.1 Å². The van der Waals surface area contributed by atoms with E-state index in [1.807, 2.05) is 50.2 Å². The Morgan fingerprint density at radius 1 is 1.06 bits per heavy atom. The van der Waals surface area contributed by atoms with E-state index in [1.54, 1.807) is 0 Å². The van der Waals surface area contributed by atoms with E-state index in [9.17, 15) is 19.5 Å². The molecule has 34 heavy (non-hydrogen) atoms. The van der Waals surface area contributed by atoms with E-state index < -0.39 is 24.1 Å². The van der Waals surface area contributed by atoms with Crippen molar-refractivity contribution >= 4 is 18.0 Å². The van der Waals surface area contributed by atoms with Crippen molar-refractivity contribution in [1.29, 1.82) is 0 Å². The van der Waals surface area contributed by atoms with Gasteiger partial charge in [0.05, 0.1) is 0 Å². The molecule has 0 radical (unpaired) electrons. The quantitative estimate of drug-likeness (QED) is 0.633. The van der Waals surface area contributed by atoms with Crippen LogP contribution in [0.2, 0.25) is 0 Å². The van der Waals surface area contributed by atoms with Crippen LogP contribution < -0.4 is 5.32 Å². The number of hydrogen-bond donors (Lipinski definition) is 2. The molecule has 2 aliphatic rings. The number of fused-ring (bicyclic) bond motifs is 3. The van der Waals surface area contributed by atoms with Gasteiger partial charge in [-0.2, -0.15) is 0 Å². The summed E-state index contributed by atoms with van der Waals surface area (Å²) in [6.07, 6.45) is 1.61. The average molecular weight is 465 g/mol. The zero-order valence-corrected chi connectivity index (χ0v) is 19.7. The number of nitrogens with one attached hydrogen (secondary N) is 1. The predicted molar refractivity (Wildman–Crippen MR) is 128 cm³/mol. The number of aliphatic carboxylic acids is 1. The lowest BCUT2D eigenvalue weighted by molar-refractivity contribution is -0.154. The summed E-state index contributed by atoms with van der Waals surface area (Å²) in [5, 5.41) is 12.3. The first-order valence-electron chi connectivity index (χ1n) is 12.1. The Kier molecular flexibility index (Phi) is 7.20. The lowest BCUT2D eigenvalue weighted by Gasteiger charge is -2.38. The highest BCUT2D eigenvalue weighted by Gasteiger charge is 2.38. The molecule has 7 nitrogen and oxygen atoms in total.